The second-order valence-electron chi connectivity index (χ2n) is 6.60. The Morgan fingerprint density at radius 2 is 2.00 bits per heavy atom. The van der Waals surface area contributed by atoms with Gasteiger partial charge in [0.2, 0.25) is 0 Å². The zero-order valence-corrected chi connectivity index (χ0v) is 14.0. The molecule has 0 bridgehead atoms. The molecule has 0 radical (unpaired) electrons. The first-order chi connectivity index (χ1) is 10.1. The maximum absolute atomic E-state index is 12.3. The molecule has 1 aliphatic heterocycles. The minimum absolute atomic E-state index is 0.293. The number of Topliss-reactive ketones (excluding diaryl/α,β-unsaturated/α-hetero) is 1. The molecule has 0 amide bonds. The van der Waals surface area contributed by atoms with E-state index in [0.29, 0.717) is 17.7 Å². The van der Waals surface area contributed by atoms with E-state index >= 15 is 0 Å². The van der Waals surface area contributed by atoms with Crippen LogP contribution >= 0.6 is 11.3 Å². The number of hydrogen-bond acceptors (Lipinski definition) is 4. The summed E-state index contributed by atoms with van der Waals surface area (Å²) in [6, 6.07) is 0.469. The number of rotatable bonds is 3. The van der Waals surface area contributed by atoms with Gasteiger partial charge in [-0.3, -0.25) is 9.69 Å². The lowest BCUT2D eigenvalue weighted by Crippen LogP contribution is -2.46. The number of aromatic nitrogens is 1. The molecule has 2 heterocycles. The summed E-state index contributed by atoms with van der Waals surface area (Å²) >= 11 is 1.82. The average Bonchev–Trinajstić information content (AvgIpc) is 2.79. The van der Waals surface area contributed by atoms with E-state index in [1.54, 1.807) is 0 Å². The summed E-state index contributed by atoms with van der Waals surface area (Å²) in [4.78, 5) is 20.9. The molecular formula is C17H26N2OS. The van der Waals surface area contributed by atoms with Crippen LogP contribution in [0.5, 0.6) is 0 Å². The van der Waals surface area contributed by atoms with E-state index in [1.807, 2.05) is 11.3 Å². The zero-order valence-electron chi connectivity index (χ0n) is 13.2. The number of ketones is 1. The number of piperidine rings is 1. The minimum atomic E-state index is 0.293. The van der Waals surface area contributed by atoms with E-state index in [0.717, 1.165) is 38.0 Å². The summed E-state index contributed by atoms with van der Waals surface area (Å²) < 4.78 is 0. The lowest BCUT2D eigenvalue weighted by molar-refractivity contribution is -0.127. The Hall–Kier alpha value is -0.740. The van der Waals surface area contributed by atoms with Gasteiger partial charge < -0.3 is 0 Å². The van der Waals surface area contributed by atoms with E-state index in [4.69, 9.17) is 4.98 Å². The molecule has 116 valence electrons. The molecule has 1 aromatic heterocycles. The topological polar surface area (TPSA) is 33.2 Å². The molecule has 4 heteroatoms. The van der Waals surface area contributed by atoms with Gasteiger partial charge in [-0.1, -0.05) is 12.8 Å². The molecule has 1 saturated heterocycles. The van der Waals surface area contributed by atoms with E-state index in [2.05, 4.69) is 18.7 Å². The Morgan fingerprint density at radius 3 is 2.71 bits per heavy atom. The molecule has 0 spiro atoms. The van der Waals surface area contributed by atoms with Crippen molar-refractivity contribution in [3.8, 4) is 0 Å². The van der Waals surface area contributed by atoms with Crippen LogP contribution in [0.4, 0.5) is 0 Å². The fourth-order valence-electron chi connectivity index (χ4n) is 3.87. The number of hydrogen-bond donors (Lipinski definition) is 0. The van der Waals surface area contributed by atoms with Gasteiger partial charge in [0.25, 0.3) is 0 Å². The van der Waals surface area contributed by atoms with Crippen molar-refractivity contribution in [2.75, 3.05) is 6.54 Å². The second kappa shape index (κ2) is 6.57. The molecule has 0 aromatic carbocycles. The zero-order chi connectivity index (χ0) is 14.8. The molecule has 2 atom stereocenters. The number of carbonyl (C=O) groups is 1. The Bertz CT molecular complexity index is 491. The normalized spacial score (nSPS) is 28.0. The van der Waals surface area contributed by atoms with Gasteiger partial charge in [0.05, 0.1) is 12.2 Å². The first kappa shape index (κ1) is 15.2. The Kier molecular flexibility index (Phi) is 4.75. The highest BCUT2D eigenvalue weighted by atomic mass is 32.1. The lowest BCUT2D eigenvalue weighted by atomic mass is 9.79. The maximum Gasteiger partial charge on any atom is 0.137 e. The van der Waals surface area contributed by atoms with Crippen LogP contribution in [-0.2, 0) is 11.3 Å². The molecule has 2 unspecified atom stereocenters. The van der Waals surface area contributed by atoms with Crippen molar-refractivity contribution in [3.05, 3.63) is 15.6 Å². The molecule has 21 heavy (non-hydrogen) atoms. The van der Waals surface area contributed by atoms with Crippen molar-refractivity contribution in [1.82, 2.24) is 9.88 Å². The Labute approximate surface area is 131 Å². The van der Waals surface area contributed by atoms with Crippen molar-refractivity contribution in [2.45, 2.75) is 71.4 Å². The Balaban J connectivity index is 1.73. The molecule has 3 rings (SSSR count). The van der Waals surface area contributed by atoms with E-state index in [-0.39, 0.29) is 0 Å². The van der Waals surface area contributed by atoms with Gasteiger partial charge in [0, 0.05) is 23.3 Å². The van der Waals surface area contributed by atoms with Gasteiger partial charge in [-0.25, -0.2) is 4.98 Å². The van der Waals surface area contributed by atoms with Gasteiger partial charge in [0.1, 0.15) is 10.8 Å². The van der Waals surface area contributed by atoms with Crippen LogP contribution in [0.15, 0.2) is 0 Å². The SMILES string of the molecule is Cc1nc(CN2CCCCC2C2CCCCC2=O)sc1C. The van der Waals surface area contributed by atoms with Crippen LogP contribution in [0.2, 0.25) is 0 Å². The highest BCUT2D eigenvalue weighted by molar-refractivity contribution is 7.11. The van der Waals surface area contributed by atoms with Crippen LogP contribution in [0, 0.1) is 19.8 Å². The van der Waals surface area contributed by atoms with Crippen molar-refractivity contribution < 1.29 is 4.79 Å². The van der Waals surface area contributed by atoms with Gasteiger partial charge in [-0.05, 0) is 46.1 Å². The maximum atomic E-state index is 12.3. The number of likely N-dealkylation sites (tertiary alicyclic amines) is 1. The van der Waals surface area contributed by atoms with Gasteiger partial charge >= 0.3 is 0 Å². The molecule has 2 aliphatic rings. The summed E-state index contributed by atoms with van der Waals surface area (Å²) in [5.74, 6) is 0.811. The predicted octanol–water partition coefficient (Wildman–Crippen LogP) is 3.87. The second-order valence-corrected chi connectivity index (χ2v) is 7.89. The summed E-state index contributed by atoms with van der Waals surface area (Å²) in [6.07, 6.45) is 7.99. The van der Waals surface area contributed by atoms with Crippen LogP contribution in [0.25, 0.3) is 0 Å². The summed E-state index contributed by atoms with van der Waals surface area (Å²) in [5, 5.41) is 1.22. The molecule has 0 N–H and O–H groups in total. The fourth-order valence-corrected chi connectivity index (χ4v) is 4.83. The molecule has 1 aliphatic carbocycles. The van der Waals surface area contributed by atoms with Crippen LogP contribution in [-0.4, -0.2) is 28.3 Å². The smallest absolute Gasteiger partial charge is 0.137 e. The van der Waals surface area contributed by atoms with Gasteiger partial charge in [-0.15, -0.1) is 11.3 Å². The Morgan fingerprint density at radius 1 is 1.19 bits per heavy atom. The first-order valence-corrected chi connectivity index (χ1v) is 9.16. The number of aryl methyl sites for hydroxylation is 2. The van der Waals surface area contributed by atoms with Gasteiger partial charge in [-0.2, -0.15) is 0 Å². The van der Waals surface area contributed by atoms with Gasteiger partial charge in [0.15, 0.2) is 0 Å². The molecule has 1 aromatic rings. The lowest BCUT2D eigenvalue weighted by Gasteiger charge is -2.40. The highest BCUT2D eigenvalue weighted by Gasteiger charge is 2.35. The number of nitrogens with zero attached hydrogens (tertiary/aromatic N) is 2. The predicted molar refractivity (Wildman–Crippen MR) is 86.6 cm³/mol. The summed E-state index contributed by atoms with van der Waals surface area (Å²) in [6.45, 7) is 6.31. The van der Waals surface area contributed by atoms with Crippen molar-refractivity contribution in [2.24, 2.45) is 5.92 Å². The van der Waals surface area contributed by atoms with Crippen LogP contribution < -0.4 is 0 Å². The summed E-state index contributed by atoms with van der Waals surface area (Å²) in [5.41, 5.74) is 1.16. The standard InChI is InChI=1S/C17H26N2OS/c1-12-13(2)21-17(18-12)11-19-10-6-5-8-15(19)14-7-3-4-9-16(14)20/h14-15H,3-11H2,1-2H3. The molecule has 1 saturated carbocycles. The van der Waals surface area contributed by atoms with Crippen LogP contribution in [0.1, 0.15) is 60.5 Å². The third-order valence-corrected chi connectivity index (χ3v) is 6.20. The van der Waals surface area contributed by atoms with E-state index in [9.17, 15) is 4.79 Å². The van der Waals surface area contributed by atoms with E-state index in [1.165, 1.54) is 35.6 Å². The minimum Gasteiger partial charge on any atom is -0.299 e. The largest absolute Gasteiger partial charge is 0.299 e. The van der Waals surface area contributed by atoms with E-state index < -0.39 is 0 Å². The molecule has 2 fully saturated rings. The third kappa shape index (κ3) is 3.37. The quantitative estimate of drug-likeness (QED) is 0.850. The highest BCUT2D eigenvalue weighted by Crippen LogP contribution is 2.33. The van der Waals surface area contributed by atoms with Crippen molar-refractivity contribution in [1.29, 1.82) is 0 Å². The fraction of sp³-hybridized carbons (Fsp3) is 0.765. The van der Waals surface area contributed by atoms with Crippen molar-refractivity contribution >= 4 is 17.1 Å². The van der Waals surface area contributed by atoms with Crippen LogP contribution in [0.3, 0.4) is 0 Å². The average molecular weight is 306 g/mol. The molecular weight excluding hydrogens is 280 g/mol. The first-order valence-electron chi connectivity index (χ1n) is 8.35. The number of carbonyl (C=O) groups excluding carboxylic acids is 1. The third-order valence-electron chi connectivity index (χ3n) is 5.14. The van der Waals surface area contributed by atoms with Crippen molar-refractivity contribution in [3.63, 3.8) is 0 Å². The summed E-state index contributed by atoms with van der Waals surface area (Å²) in [7, 11) is 0. The number of thiazole rings is 1. The molecule has 3 nitrogen and oxygen atoms in total. The monoisotopic (exact) mass is 306 g/mol.